The number of nitrogens with one attached hydrogen (secondary N) is 1. The van der Waals surface area contributed by atoms with Crippen LogP contribution in [0.5, 0.6) is 5.75 Å². The van der Waals surface area contributed by atoms with E-state index < -0.39 is 0 Å². The van der Waals surface area contributed by atoms with Gasteiger partial charge in [0.25, 0.3) is 0 Å². The monoisotopic (exact) mass is 461 g/mol. The zero-order valence-electron chi connectivity index (χ0n) is 17.2. The summed E-state index contributed by atoms with van der Waals surface area (Å²) < 4.78 is 11.8. The van der Waals surface area contributed by atoms with E-state index in [1.165, 1.54) is 0 Å². The molecule has 1 fully saturated rings. The maximum absolute atomic E-state index is 6.36. The summed E-state index contributed by atoms with van der Waals surface area (Å²) in [5.41, 5.74) is 2.75. The number of nitrogens with zero attached hydrogens (tertiary/aromatic N) is 2. The van der Waals surface area contributed by atoms with Crippen LogP contribution in [0.2, 0.25) is 5.02 Å². The molecule has 4 aromatic rings. The van der Waals surface area contributed by atoms with Crippen LogP contribution in [0.3, 0.4) is 0 Å². The van der Waals surface area contributed by atoms with Crippen molar-refractivity contribution in [2.75, 3.05) is 12.0 Å². The Morgan fingerprint density at radius 1 is 1.03 bits per heavy atom. The molecule has 0 amide bonds. The van der Waals surface area contributed by atoms with Crippen molar-refractivity contribution in [3.8, 4) is 17.1 Å². The number of pyridine rings is 1. The molecule has 1 aliphatic rings. The lowest BCUT2D eigenvalue weighted by Gasteiger charge is -2.26. The van der Waals surface area contributed by atoms with E-state index in [1.807, 2.05) is 78.9 Å². The highest BCUT2D eigenvalue weighted by atomic mass is 35.5. The third-order valence-corrected chi connectivity index (χ3v) is 6.04. The van der Waals surface area contributed by atoms with Gasteiger partial charge in [0.1, 0.15) is 23.3 Å². The molecule has 3 heterocycles. The molecule has 0 radical (unpaired) electrons. The summed E-state index contributed by atoms with van der Waals surface area (Å²) in [7, 11) is 1.65. The second-order valence-electron chi connectivity index (χ2n) is 7.41. The number of methoxy groups -OCH3 is 1. The fourth-order valence-corrected chi connectivity index (χ4v) is 4.44. The van der Waals surface area contributed by atoms with Gasteiger partial charge in [-0.05, 0) is 72.9 Å². The Labute approximate surface area is 196 Å². The molecule has 0 spiro atoms. The molecular weight excluding hydrogens is 442 g/mol. The second-order valence-corrected chi connectivity index (χ2v) is 8.23. The molecule has 0 bridgehead atoms. The average Bonchev–Trinajstić information content (AvgIpc) is 3.45. The summed E-state index contributed by atoms with van der Waals surface area (Å²) >= 11 is 11.8. The molecule has 0 aliphatic carbocycles. The predicted molar refractivity (Wildman–Crippen MR) is 130 cm³/mol. The van der Waals surface area contributed by atoms with Crippen LogP contribution in [-0.4, -0.2) is 17.2 Å². The summed E-state index contributed by atoms with van der Waals surface area (Å²) in [5, 5.41) is 4.72. The predicted octanol–water partition coefficient (Wildman–Crippen LogP) is 6.18. The van der Waals surface area contributed by atoms with E-state index >= 15 is 0 Å². The minimum absolute atomic E-state index is 0.181. The lowest BCUT2D eigenvalue weighted by atomic mass is 10.0. The molecule has 160 valence electrons. The standard InChI is InChI=1S/C25H20ClN3O2S/c1-30-19-6-4-5-18(15-19)29-24(23(28-25(29)32)20-7-2-3-14-27-20)22-13-12-21(31-22)16-8-10-17(26)11-9-16/h2-15,23-24H,1H3,(H,28,32)/t23-,24-/m1/s1. The number of benzene rings is 2. The normalized spacial score (nSPS) is 17.9. The fraction of sp³-hybridized carbons (Fsp3) is 0.120. The van der Waals surface area contributed by atoms with E-state index in [9.17, 15) is 0 Å². The first-order valence-electron chi connectivity index (χ1n) is 10.1. The van der Waals surface area contributed by atoms with Gasteiger partial charge >= 0.3 is 0 Å². The topological polar surface area (TPSA) is 50.5 Å². The number of anilines is 1. The Bertz CT molecular complexity index is 1240. The van der Waals surface area contributed by atoms with Gasteiger partial charge in [-0.3, -0.25) is 4.98 Å². The van der Waals surface area contributed by atoms with Gasteiger partial charge in [0.05, 0.1) is 18.8 Å². The van der Waals surface area contributed by atoms with Gasteiger partial charge in [0, 0.05) is 28.5 Å². The first-order chi connectivity index (χ1) is 15.6. The van der Waals surface area contributed by atoms with Crippen LogP contribution in [0.1, 0.15) is 23.5 Å². The number of aromatic nitrogens is 1. The van der Waals surface area contributed by atoms with Gasteiger partial charge < -0.3 is 19.4 Å². The third-order valence-electron chi connectivity index (χ3n) is 5.48. The highest BCUT2D eigenvalue weighted by Gasteiger charge is 2.42. The summed E-state index contributed by atoms with van der Waals surface area (Å²) in [6.07, 6.45) is 1.78. The molecule has 5 rings (SSSR count). The van der Waals surface area contributed by atoms with Gasteiger partial charge in [-0.15, -0.1) is 0 Å². The van der Waals surface area contributed by atoms with Crippen molar-refractivity contribution < 1.29 is 9.15 Å². The zero-order chi connectivity index (χ0) is 22.1. The van der Waals surface area contributed by atoms with Crippen LogP contribution in [0, 0.1) is 0 Å². The molecule has 2 aromatic heterocycles. The van der Waals surface area contributed by atoms with Gasteiger partial charge in [0.2, 0.25) is 0 Å². The summed E-state index contributed by atoms with van der Waals surface area (Å²) in [6, 6.07) is 24.8. The van der Waals surface area contributed by atoms with Crippen molar-refractivity contribution in [3.05, 3.63) is 102 Å². The first kappa shape index (κ1) is 20.5. The number of hydrogen-bond acceptors (Lipinski definition) is 4. The number of ether oxygens (including phenoxy) is 1. The molecule has 1 aliphatic heterocycles. The summed E-state index contributed by atoms with van der Waals surface area (Å²) in [4.78, 5) is 6.63. The number of furan rings is 1. The van der Waals surface area contributed by atoms with Crippen molar-refractivity contribution in [1.29, 1.82) is 0 Å². The molecule has 1 N–H and O–H groups in total. The molecule has 2 atom stereocenters. The van der Waals surface area contributed by atoms with E-state index in [2.05, 4.69) is 15.2 Å². The van der Waals surface area contributed by atoms with Gasteiger partial charge in [-0.2, -0.15) is 0 Å². The third kappa shape index (κ3) is 3.83. The maximum Gasteiger partial charge on any atom is 0.174 e. The lowest BCUT2D eigenvalue weighted by molar-refractivity contribution is 0.414. The number of hydrogen-bond donors (Lipinski definition) is 1. The van der Waals surface area contributed by atoms with Crippen molar-refractivity contribution in [1.82, 2.24) is 10.3 Å². The van der Waals surface area contributed by atoms with E-state index in [4.69, 9.17) is 33.0 Å². The molecule has 0 unspecified atom stereocenters. The van der Waals surface area contributed by atoms with Crippen molar-refractivity contribution in [2.45, 2.75) is 12.1 Å². The van der Waals surface area contributed by atoms with Crippen LogP contribution in [0.4, 0.5) is 5.69 Å². The highest BCUT2D eigenvalue weighted by molar-refractivity contribution is 7.80. The summed E-state index contributed by atoms with van der Waals surface area (Å²) in [5.74, 6) is 2.30. The Morgan fingerprint density at radius 3 is 2.62 bits per heavy atom. The largest absolute Gasteiger partial charge is 0.497 e. The summed E-state index contributed by atoms with van der Waals surface area (Å²) in [6.45, 7) is 0. The number of halogens is 1. The molecule has 32 heavy (non-hydrogen) atoms. The van der Waals surface area contributed by atoms with E-state index in [-0.39, 0.29) is 12.1 Å². The number of thiocarbonyl (C=S) groups is 1. The van der Waals surface area contributed by atoms with E-state index in [0.29, 0.717) is 10.1 Å². The fourth-order valence-electron chi connectivity index (χ4n) is 3.96. The van der Waals surface area contributed by atoms with Crippen molar-refractivity contribution in [2.24, 2.45) is 0 Å². The quantitative estimate of drug-likeness (QED) is 0.358. The zero-order valence-corrected chi connectivity index (χ0v) is 18.8. The van der Waals surface area contributed by atoms with Crippen molar-refractivity contribution in [3.63, 3.8) is 0 Å². The van der Waals surface area contributed by atoms with E-state index in [1.54, 1.807) is 13.3 Å². The van der Waals surface area contributed by atoms with Crippen LogP contribution in [0.15, 0.2) is 89.5 Å². The molecule has 5 nitrogen and oxygen atoms in total. The lowest BCUT2D eigenvalue weighted by Crippen LogP contribution is -2.29. The minimum atomic E-state index is -0.231. The van der Waals surface area contributed by atoms with Crippen LogP contribution < -0.4 is 15.0 Å². The van der Waals surface area contributed by atoms with Gasteiger partial charge in [0.15, 0.2) is 5.11 Å². The Balaban J connectivity index is 1.59. The molecule has 0 saturated carbocycles. The van der Waals surface area contributed by atoms with Gasteiger partial charge in [-0.25, -0.2) is 0 Å². The Morgan fingerprint density at radius 2 is 1.88 bits per heavy atom. The van der Waals surface area contributed by atoms with Crippen molar-refractivity contribution >= 4 is 34.6 Å². The minimum Gasteiger partial charge on any atom is -0.497 e. The number of rotatable bonds is 5. The smallest absolute Gasteiger partial charge is 0.174 e. The van der Waals surface area contributed by atoms with Gasteiger partial charge in [-0.1, -0.05) is 23.7 Å². The first-order valence-corrected chi connectivity index (χ1v) is 10.9. The second kappa shape index (κ2) is 8.65. The van der Waals surface area contributed by atoms with E-state index in [0.717, 1.165) is 34.2 Å². The van der Waals surface area contributed by atoms with Crippen LogP contribution in [-0.2, 0) is 0 Å². The van der Waals surface area contributed by atoms with Crippen LogP contribution >= 0.6 is 23.8 Å². The Hall–Kier alpha value is -3.35. The van der Waals surface area contributed by atoms with Crippen LogP contribution in [0.25, 0.3) is 11.3 Å². The average molecular weight is 462 g/mol. The molecule has 1 saturated heterocycles. The SMILES string of the molecule is COc1cccc(N2C(=S)N[C@H](c3ccccn3)[C@H]2c2ccc(-c3ccc(Cl)cc3)o2)c1. The molecule has 2 aromatic carbocycles. The molecular formula is C25H20ClN3O2S. The highest BCUT2D eigenvalue weighted by Crippen LogP contribution is 2.43. The molecule has 7 heteroatoms. The Kier molecular flexibility index (Phi) is 5.55. The maximum atomic E-state index is 6.36.